The number of ether oxygens (including phenoxy) is 3. The van der Waals surface area contributed by atoms with E-state index < -0.39 is 28.4 Å². The van der Waals surface area contributed by atoms with Crippen molar-refractivity contribution < 1.29 is 32.2 Å². The Balaban J connectivity index is 1.47. The highest BCUT2D eigenvalue weighted by atomic mass is 79.9. The molecular formula is C44H56BrF2NO5Si2. The maximum Gasteiger partial charge on any atom is 0.233 e. The van der Waals surface area contributed by atoms with Gasteiger partial charge < -0.3 is 23.5 Å². The van der Waals surface area contributed by atoms with Gasteiger partial charge in [0, 0.05) is 37.3 Å². The Morgan fingerprint density at radius 1 is 0.818 bits per heavy atom. The highest BCUT2D eigenvalue weighted by Crippen LogP contribution is 2.50. The monoisotopic (exact) mass is 851 g/mol. The largest absolute Gasteiger partial charge is 0.489 e. The molecule has 3 unspecified atom stereocenters. The molecule has 0 spiro atoms. The van der Waals surface area contributed by atoms with Crippen LogP contribution in [0.25, 0.3) is 0 Å². The molecule has 1 aliphatic heterocycles. The van der Waals surface area contributed by atoms with Crippen LogP contribution in [0.5, 0.6) is 11.5 Å². The number of nitrogens with zero attached hydrogens (tertiary/aromatic N) is 1. The van der Waals surface area contributed by atoms with Crippen LogP contribution in [0.1, 0.15) is 68.0 Å². The van der Waals surface area contributed by atoms with Gasteiger partial charge in [-0.25, -0.2) is 8.78 Å². The predicted octanol–water partition coefficient (Wildman–Crippen LogP) is 12.4. The molecule has 55 heavy (non-hydrogen) atoms. The number of carbonyl (C=O) groups excluding carboxylic acids is 1. The second-order valence-corrected chi connectivity index (χ2v) is 28.1. The van der Waals surface area contributed by atoms with Crippen LogP contribution in [0.2, 0.25) is 43.8 Å². The molecular weight excluding hydrogens is 797 g/mol. The molecule has 1 amide bonds. The molecule has 296 valence electrons. The molecule has 0 bridgehead atoms. The summed E-state index contributed by atoms with van der Waals surface area (Å²) in [5.74, 6) is 0.00766. The van der Waals surface area contributed by atoms with E-state index in [1.165, 1.54) is 29.8 Å². The van der Waals surface area contributed by atoms with E-state index in [0.717, 1.165) is 28.1 Å². The Labute approximate surface area is 336 Å². The number of halogens is 3. The van der Waals surface area contributed by atoms with Crippen LogP contribution in [0, 0.1) is 17.6 Å². The fraction of sp³-hybridized carbons (Fsp3) is 0.432. The minimum atomic E-state index is -2.26. The maximum atomic E-state index is 14.2. The van der Waals surface area contributed by atoms with Gasteiger partial charge in [0.1, 0.15) is 29.7 Å². The van der Waals surface area contributed by atoms with Crippen LogP contribution >= 0.6 is 15.9 Å². The molecule has 0 aromatic heterocycles. The van der Waals surface area contributed by atoms with Gasteiger partial charge in [0.05, 0.1) is 18.1 Å². The third-order valence-electron chi connectivity index (χ3n) is 10.7. The van der Waals surface area contributed by atoms with Crippen LogP contribution in [0.4, 0.5) is 14.5 Å². The fourth-order valence-electron chi connectivity index (χ4n) is 6.32. The minimum Gasteiger partial charge on any atom is -0.489 e. The highest BCUT2D eigenvalue weighted by Gasteiger charge is 2.50. The number of carbonyl (C=O) groups is 1. The van der Waals surface area contributed by atoms with Crippen molar-refractivity contribution in [2.24, 2.45) is 5.92 Å². The van der Waals surface area contributed by atoms with Crippen molar-refractivity contribution in [1.82, 2.24) is 0 Å². The van der Waals surface area contributed by atoms with Gasteiger partial charge in [-0.2, -0.15) is 0 Å². The summed E-state index contributed by atoms with van der Waals surface area (Å²) in [6, 6.07) is 27.1. The van der Waals surface area contributed by atoms with Crippen LogP contribution in [-0.2, 0) is 25.9 Å². The summed E-state index contributed by atoms with van der Waals surface area (Å²) in [6.45, 7) is 18.9. The molecule has 5 rings (SSSR count). The van der Waals surface area contributed by atoms with E-state index in [0.29, 0.717) is 43.2 Å². The lowest BCUT2D eigenvalue weighted by Gasteiger charge is -2.48. The van der Waals surface area contributed by atoms with Crippen molar-refractivity contribution in [3.8, 4) is 11.5 Å². The molecule has 1 saturated heterocycles. The second kappa shape index (κ2) is 18.3. The van der Waals surface area contributed by atoms with E-state index in [1.54, 1.807) is 29.2 Å². The Hall–Kier alpha value is -3.36. The molecule has 1 heterocycles. The summed E-state index contributed by atoms with van der Waals surface area (Å²) in [7, 11) is -3.57. The molecule has 6 nitrogen and oxygen atoms in total. The normalized spacial score (nSPS) is 16.9. The standard InChI is InChI=1S/C44H56BrF2NO5Si2/c1-44(2,3)55(7,8)53-40(33-13-15-34(46)16-14-33)24-23-39-42(48(43(39)49)36-19-17-35(47)18-20-36)38-22-21-37(51-29-32-11-9-31(28-45)10-12-32)27-41(38)52-30-50-25-26-54(4,5)6/h9-22,27,39-40,42H,23-26,28-30H2,1-8H3. The Morgan fingerprint density at radius 2 is 1.44 bits per heavy atom. The van der Waals surface area contributed by atoms with Gasteiger partial charge >= 0.3 is 0 Å². The summed E-state index contributed by atoms with van der Waals surface area (Å²) in [5, 5.41) is 0.732. The van der Waals surface area contributed by atoms with Gasteiger partial charge in [0.2, 0.25) is 5.91 Å². The first-order valence-electron chi connectivity index (χ1n) is 19.1. The number of anilines is 1. The van der Waals surface area contributed by atoms with Gasteiger partial charge in [-0.1, -0.05) is 92.7 Å². The molecule has 0 N–H and O–H groups in total. The smallest absolute Gasteiger partial charge is 0.233 e. The zero-order valence-corrected chi connectivity index (χ0v) is 37.1. The average Bonchev–Trinajstić information content (AvgIpc) is 3.13. The zero-order valence-electron chi connectivity index (χ0n) is 33.5. The zero-order chi connectivity index (χ0) is 40.0. The van der Waals surface area contributed by atoms with Gasteiger partial charge in [-0.3, -0.25) is 4.79 Å². The number of β-lactam (4-membered cyclic amide) rings is 1. The summed E-state index contributed by atoms with van der Waals surface area (Å²) in [4.78, 5) is 15.9. The summed E-state index contributed by atoms with van der Waals surface area (Å²) < 4.78 is 53.7. The van der Waals surface area contributed by atoms with E-state index in [2.05, 4.69) is 81.6 Å². The first-order chi connectivity index (χ1) is 26.0. The van der Waals surface area contributed by atoms with Gasteiger partial charge in [0.25, 0.3) is 0 Å². The number of hydrogen-bond donors (Lipinski definition) is 0. The topological polar surface area (TPSA) is 57.2 Å². The van der Waals surface area contributed by atoms with Crippen LogP contribution in [0.3, 0.4) is 0 Å². The van der Waals surface area contributed by atoms with Crippen molar-refractivity contribution >= 4 is 43.9 Å². The molecule has 0 aliphatic carbocycles. The molecule has 11 heteroatoms. The van der Waals surface area contributed by atoms with Crippen molar-refractivity contribution in [2.45, 2.75) is 102 Å². The van der Waals surface area contributed by atoms with Crippen molar-refractivity contribution in [2.75, 3.05) is 18.3 Å². The first-order valence-corrected chi connectivity index (χ1v) is 26.8. The number of rotatable bonds is 18. The Kier molecular flexibility index (Phi) is 14.2. The summed E-state index contributed by atoms with van der Waals surface area (Å²) in [5.41, 5.74) is 4.51. The van der Waals surface area contributed by atoms with Crippen LogP contribution in [0.15, 0.2) is 91.0 Å². The average molecular weight is 853 g/mol. The number of hydrogen-bond acceptors (Lipinski definition) is 5. The van der Waals surface area contributed by atoms with Gasteiger partial charge in [-0.05, 0) is 102 Å². The molecule has 1 fully saturated rings. The van der Waals surface area contributed by atoms with E-state index in [-0.39, 0.29) is 35.5 Å². The fourth-order valence-corrected chi connectivity index (χ4v) is 8.77. The molecule has 3 atom stereocenters. The lowest BCUT2D eigenvalue weighted by Crippen LogP contribution is -2.55. The van der Waals surface area contributed by atoms with Crippen molar-refractivity contribution in [3.05, 3.63) is 125 Å². The third kappa shape index (κ3) is 11.4. The molecule has 4 aromatic carbocycles. The second-order valence-electron chi connectivity index (χ2n) is 17.2. The van der Waals surface area contributed by atoms with E-state index in [1.807, 2.05) is 30.3 Å². The van der Waals surface area contributed by atoms with Crippen molar-refractivity contribution in [3.63, 3.8) is 0 Å². The Bertz CT molecular complexity index is 1860. The van der Waals surface area contributed by atoms with Gasteiger partial charge in [0.15, 0.2) is 15.1 Å². The number of amides is 1. The van der Waals surface area contributed by atoms with Crippen molar-refractivity contribution in [1.29, 1.82) is 0 Å². The third-order valence-corrected chi connectivity index (χ3v) is 17.6. The molecule has 4 aromatic rings. The van der Waals surface area contributed by atoms with E-state index in [4.69, 9.17) is 18.6 Å². The summed E-state index contributed by atoms with van der Waals surface area (Å²) in [6.07, 6.45) is 0.727. The van der Waals surface area contributed by atoms with Crippen LogP contribution in [-0.4, -0.2) is 35.7 Å². The predicted molar refractivity (Wildman–Crippen MR) is 226 cm³/mol. The lowest BCUT2D eigenvalue weighted by molar-refractivity contribution is -0.131. The van der Waals surface area contributed by atoms with E-state index >= 15 is 0 Å². The maximum absolute atomic E-state index is 14.2. The molecule has 0 saturated carbocycles. The highest BCUT2D eigenvalue weighted by molar-refractivity contribution is 9.08. The SMILES string of the molecule is CC(C)(C)[Si](C)(C)OC(CCC1C(=O)N(c2ccc(F)cc2)C1c1ccc(OCc2ccc(CBr)cc2)cc1OCOCC[Si](C)(C)C)c1ccc(F)cc1. The van der Waals surface area contributed by atoms with Gasteiger partial charge in [-0.15, -0.1) is 0 Å². The molecule has 0 radical (unpaired) electrons. The lowest BCUT2D eigenvalue weighted by atomic mass is 9.78. The summed E-state index contributed by atoms with van der Waals surface area (Å²) >= 11 is 3.50. The Morgan fingerprint density at radius 3 is 2.04 bits per heavy atom. The first kappa shape index (κ1) is 42.8. The van der Waals surface area contributed by atoms with Crippen LogP contribution < -0.4 is 14.4 Å². The number of benzene rings is 4. The molecule has 1 aliphatic rings. The minimum absolute atomic E-state index is 0.0455. The quantitative estimate of drug-likeness (QED) is 0.0328. The van der Waals surface area contributed by atoms with E-state index in [9.17, 15) is 13.6 Å². The number of alkyl halides is 1.